The number of likely N-dealkylation sites (tertiary alicyclic amines) is 1. The zero-order valence-electron chi connectivity index (χ0n) is 17.1. The van der Waals surface area contributed by atoms with Crippen molar-refractivity contribution in [3.05, 3.63) is 29.4 Å². The predicted molar refractivity (Wildman–Crippen MR) is 109 cm³/mol. The van der Waals surface area contributed by atoms with E-state index in [1.807, 2.05) is 27.7 Å². The molecule has 29 heavy (non-hydrogen) atoms. The number of thiazole rings is 1. The summed E-state index contributed by atoms with van der Waals surface area (Å²) in [6.45, 7) is 7.90. The molecule has 0 saturated carbocycles. The van der Waals surface area contributed by atoms with Crippen LogP contribution in [-0.2, 0) is 20.9 Å². The number of rotatable bonds is 5. The smallest absolute Gasteiger partial charge is 0.243 e. The third-order valence-corrected chi connectivity index (χ3v) is 5.56. The van der Waals surface area contributed by atoms with Crippen molar-refractivity contribution in [1.29, 1.82) is 0 Å². The van der Waals surface area contributed by atoms with E-state index >= 15 is 0 Å². The van der Waals surface area contributed by atoms with E-state index in [9.17, 15) is 14.4 Å². The Morgan fingerprint density at radius 3 is 2.52 bits per heavy atom. The van der Waals surface area contributed by atoms with E-state index in [1.54, 1.807) is 17.9 Å². The summed E-state index contributed by atoms with van der Waals surface area (Å²) in [4.78, 5) is 52.3. The molecular weight excluding hydrogens is 390 g/mol. The quantitative estimate of drug-likeness (QED) is 0.802. The van der Waals surface area contributed by atoms with Gasteiger partial charge in [0.1, 0.15) is 11.9 Å². The van der Waals surface area contributed by atoms with Gasteiger partial charge in [-0.15, -0.1) is 11.3 Å². The first-order valence-electron chi connectivity index (χ1n) is 9.44. The molecule has 154 valence electrons. The summed E-state index contributed by atoms with van der Waals surface area (Å²) in [5.74, 6) is -0.179. The minimum Gasteiger partial charge on any atom is -0.347 e. The Bertz CT molecular complexity index is 917. The first-order valence-corrected chi connectivity index (χ1v) is 10.3. The van der Waals surface area contributed by atoms with Gasteiger partial charge in [0, 0.05) is 30.8 Å². The number of carbonyl (C=O) groups is 3. The summed E-state index contributed by atoms with van der Waals surface area (Å²) in [6.07, 6.45) is 3.73. The van der Waals surface area contributed by atoms with Gasteiger partial charge in [-0.25, -0.2) is 15.0 Å². The molecular formula is C20H25N5O3S. The molecule has 3 rings (SSSR count). The number of aryl methyl sites for hydroxylation is 1. The van der Waals surface area contributed by atoms with Crippen LogP contribution in [0.5, 0.6) is 0 Å². The van der Waals surface area contributed by atoms with Gasteiger partial charge in [-0.3, -0.25) is 14.4 Å². The van der Waals surface area contributed by atoms with Crippen LogP contribution in [0.3, 0.4) is 0 Å². The van der Waals surface area contributed by atoms with Gasteiger partial charge >= 0.3 is 0 Å². The highest BCUT2D eigenvalue weighted by Gasteiger charge is 2.39. The monoisotopic (exact) mass is 415 g/mol. The van der Waals surface area contributed by atoms with E-state index in [2.05, 4.69) is 20.3 Å². The van der Waals surface area contributed by atoms with Crippen LogP contribution in [0.4, 0.5) is 0 Å². The maximum atomic E-state index is 12.6. The molecule has 2 aromatic rings. The SMILES string of the molecule is Cc1ncsc1-c1cnc(CNC(=O)[C@@H]2CC(=O)CN2C(=O)CC(C)(C)C)nc1. The Kier molecular flexibility index (Phi) is 6.07. The number of nitrogens with zero attached hydrogens (tertiary/aromatic N) is 4. The fourth-order valence-electron chi connectivity index (χ4n) is 3.17. The molecule has 1 fully saturated rings. The Labute approximate surface area is 173 Å². The van der Waals surface area contributed by atoms with Gasteiger partial charge in [0.05, 0.1) is 29.2 Å². The van der Waals surface area contributed by atoms with Crippen molar-refractivity contribution in [3.63, 3.8) is 0 Å². The third-order valence-electron chi connectivity index (χ3n) is 4.58. The fourth-order valence-corrected chi connectivity index (χ4v) is 3.95. The second kappa shape index (κ2) is 8.36. The summed E-state index contributed by atoms with van der Waals surface area (Å²) in [7, 11) is 0. The summed E-state index contributed by atoms with van der Waals surface area (Å²) in [5.41, 5.74) is 3.36. The lowest BCUT2D eigenvalue weighted by atomic mass is 9.91. The lowest BCUT2D eigenvalue weighted by Crippen LogP contribution is -2.46. The van der Waals surface area contributed by atoms with E-state index in [-0.39, 0.29) is 48.9 Å². The van der Waals surface area contributed by atoms with Gasteiger partial charge in [-0.05, 0) is 12.3 Å². The predicted octanol–water partition coefficient (Wildman–Crippen LogP) is 2.13. The minimum absolute atomic E-state index is 0.00754. The largest absolute Gasteiger partial charge is 0.347 e. The lowest BCUT2D eigenvalue weighted by molar-refractivity contribution is -0.140. The average Bonchev–Trinajstić information content (AvgIpc) is 3.24. The standard InChI is InChI=1S/C20H25N5O3S/c1-12-18(29-11-24-12)13-7-21-16(22-8-13)9-23-19(28)15-5-14(26)10-25(15)17(27)6-20(2,3)4/h7-8,11,15H,5-6,9-10H2,1-4H3,(H,23,28)/t15-/m0/s1. The van der Waals surface area contributed by atoms with Crippen molar-refractivity contribution in [1.82, 2.24) is 25.2 Å². The second-order valence-corrected chi connectivity index (χ2v) is 9.25. The van der Waals surface area contributed by atoms with Crippen LogP contribution in [0.1, 0.15) is 45.1 Å². The molecule has 3 heterocycles. The molecule has 1 N–H and O–H groups in total. The van der Waals surface area contributed by atoms with Crippen LogP contribution >= 0.6 is 11.3 Å². The van der Waals surface area contributed by atoms with Crippen molar-refractivity contribution in [2.24, 2.45) is 5.41 Å². The lowest BCUT2D eigenvalue weighted by Gasteiger charge is -2.26. The van der Waals surface area contributed by atoms with Gasteiger partial charge in [-0.1, -0.05) is 20.8 Å². The number of carbonyl (C=O) groups excluding carboxylic acids is 3. The van der Waals surface area contributed by atoms with Crippen molar-refractivity contribution in [2.75, 3.05) is 6.54 Å². The number of aromatic nitrogens is 3. The maximum absolute atomic E-state index is 12.6. The number of amides is 2. The number of ketones is 1. The number of Topliss-reactive ketones (excluding diaryl/α,β-unsaturated/α-hetero) is 1. The van der Waals surface area contributed by atoms with Gasteiger partial charge < -0.3 is 10.2 Å². The van der Waals surface area contributed by atoms with Crippen molar-refractivity contribution in [3.8, 4) is 10.4 Å². The van der Waals surface area contributed by atoms with E-state index in [1.165, 1.54) is 16.2 Å². The molecule has 1 atom stereocenters. The van der Waals surface area contributed by atoms with Crippen LogP contribution in [0.25, 0.3) is 10.4 Å². The molecule has 0 aromatic carbocycles. The molecule has 2 amide bonds. The Morgan fingerprint density at radius 2 is 1.93 bits per heavy atom. The number of hydrogen-bond donors (Lipinski definition) is 1. The normalized spacial score (nSPS) is 16.9. The minimum atomic E-state index is -0.767. The van der Waals surface area contributed by atoms with Crippen molar-refractivity contribution >= 4 is 28.9 Å². The molecule has 0 bridgehead atoms. The fraction of sp³-hybridized carbons (Fsp3) is 0.500. The molecule has 1 aliphatic heterocycles. The molecule has 0 aliphatic carbocycles. The highest BCUT2D eigenvalue weighted by Crippen LogP contribution is 2.26. The first-order chi connectivity index (χ1) is 13.6. The van der Waals surface area contributed by atoms with E-state index in [0.717, 1.165) is 16.1 Å². The third kappa shape index (κ3) is 5.23. The van der Waals surface area contributed by atoms with Gasteiger partial charge in [-0.2, -0.15) is 0 Å². The van der Waals surface area contributed by atoms with Crippen LogP contribution in [0, 0.1) is 12.3 Å². The number of nitrogens with one attached hydrogen (secondary N) is 1. The van der Waals surface area contributed by atoms with Gasteiger partial charge in [0.25, 0.3) is 0 Å². The van der Waals surface area contributed by atoms with Gasteiger partial charge in [0.15, 0.2) is 5.78 Å². The maximum Gasteiger partial charge on any atom is 0.243 e. The van der Waals surface area contributed by atoms with E-state index < -0.39 is 6.04 Å². The molecule has 1 aliphatic rings. The van der Waals surface area contributed by atoms with Crippen molar-refractivity contribution < 1.29 is 14.4 Å². The highest BCUT2D eigenvalue weighted by atomic mass is 32.1. The van der Waals surface area contributed by atoms with Crippen LogP contribution in [0.2, 0.25) is 0 Å². The molecule has 2 aromatic heterocycles. The molecule has 9 heteroatoms. The summed E-state index contributed by atoms with van der Waals surface area (Å²) >= 11 is 1.52. The summed E-state index contributed by atoms with van der Waals surface area (Å²) < 4.78 is 0. The summed E-state index contributed by atoms with van der Waals surface area (Å²) in [5, 5.41) is 2.75. The molecule has 0 unspecified atom stereocenters. The summed E-state index contributed by atoms with van der Waals surface area (Å²) in [6, 6.07) is -0.767. The Morgan fingerprint density at radius 1 is 1.24 bits per heavy atom. The zero-order chi connectivity index (χ0) is 21.2. The van der Waals surface area contributed by atoms with Crippen molar-refractivity contribution in [2.45, 2.75) is 53.1 Å². The van der Waals surface area contributed by atoms with E-state index in [0.29, 0.717) is 5.82 Å². The Hall–Kier alpha value is -2.68. The topological polar surface area (TPSA) is 105 Å². The zero-order valence-corrected chi connectivity index (χ0v) is 17.9. The molecule has 0 radical (unpaired) electrons. The number of hydrogen-bond acceptors (Lipinski definition) is 7. The van der Waals surface area contributed by atoms with E-state index in [4.69, 9.17) is 0 Å². The van der Waals surface area contributed by atoms with Crippen LogP contribution < -0.4 is 5.32 Å². The highest BCUT2D eigenvalue weighted by molar-refractivity contribution is 7.13. The Balaban J connectivity index is 1.61. The molecule has 8 nitrogen and oxygen atoms in total. The molecule has 0 spiro atoms. The molecule has 1 saturated heterocycles. The second-order valence-electron chi connectivity index (χ2n) is 8.39. The van der Waals surface area contributed by atoms with Crippen LogP contribution in [0.15, 0.2) is 17.9 Å². The average molecular weight is 416 g/mol. The van der Waals surface area contributed by atoms with Gasteiger partial charge in [0.2, 0.25) is 11.8 Å². The van der Waals surface area contributed by atoms with Crippen LogP contribution in [-0.4, -0.2) is 50.0 Å². The first kappa shape index (κ1) is 21.0.